The summed E-state index contributed by atoms with van der Waals surface area (Å²) in [7, 11) is 1.61. The summed E-state index contributed by atoms with van der Waals surface area (Å²) in [5.41, 5.74) is 2.43. The van der Waals surface area contributed by atoms with Gasteiger partial charge in [0.1, 0.15) is 12.1 Å². The van der Waals surface area contributed by atoms with Crippen LogP contribution in [0, 0.1) is 0 Å². The number of nitrogens with one attached hydrogen (secondary N) is 1. The first-order chi connectivity index (χ1) is 14.7. The standard InChI is InChI=1S/C21H24N6O3/c1-3-19-25-21(26-30-19)17-10-22-13-23-20(17)14-8-9-27(11-14)12-18(28)24-15-4-6-16(29-2)7-5-15/h4-7,10,13-14H,3,8-9,11-12H2,1-2H3,(H,24,28). The van der Waals surface area contributed by atoms with Crippen molar-refractivity contribution in [2.24, 2.45) is 0 Å². The number of aromatic nitrogens is 4. The zero-order valence-electron chi connectivity index (χ0n) is 17.0. The predicted octanol–water partition coefficient (Wildman–Crippen LogP) is 2.53. The highest BCUT2D eigenvalue weighted by molar-refractivity contribution is 5.92. The van der Waals surface area contributed by atoms with E-state index in [4.69, 9.17) is 9.26 Å². The number of aryl methyl sites for hydroxylation is 1. The highest BCUT2D eigenvalue weighted by atomic mass is 16.5. The molecule has 1 aromatic carbocycles. The molecule has 1 aliphatic heterocycles. The summed E-state index contributed by atoms with van der Waals surface area (Å²) in [5, 5.41) is 6.99. The van der Waals surface area contributed by atoms with Crippen molar-refractivity contribution in [3.63, 3.8) is 0 Å². The number of anilines is 1. The molecule has 1 fully saturated rings. The van der Waals surface area contributed by atoms with E-state index in [9.17, 15) is 4.79 Å². The summed E-state index contributed by atoms with van der Waals surface area (Å²) in [5.74, 6) is 1.99. The molecule has 9 heteroatoms. The van der Waals surface area contributed by atoms with E-state index in [1.807, 2.05) is 31.2 Å². The van der Waals surface area contributed by atoms with Gasteiger partial charge in [-0.3, -0.25) is 9.69 Å². The number of nitrogens with zero attached hydrogens (tertiary/aromatic N) is 5. The van der Waals surface area contributed by atoms with E-state index >= 15 is 0 Å². The van der Waals surface area contributed by atoms with Gasteiger partial charge in [-0.2, -0.15) is 4.98 Å². The summed E-state index contributed by atoms with van der Waals surface area (Å²) in [6.07, 6.45) is 4.85. The zero-order valence-corrected chi connectivity index (χ0v) is 17.0. The Morgan fingerprint density at radius 3 is 2.90 bits per heavy atom. The van der Waals surface area contributed by atoms with Gasteiger partial charge in [-0.25, -0.2) is 9.97 Å². The number of carbonyl (C=O) groups excluding carboxylic acids is 1. The Balaban J connectivity index is 1.39. The SMILES string of the molecule is CCc1nc(-c2cncnc2C2CCN(CC(=O)Nc3ccc(OC)cc3)C2)no1. The lowest BCUT2D eigenvalue weighted by atomic mass is 10.00. The van der Waals surface area contributed by atoms with Gasteiger partial charge in [0.05, 0.1) is 24.9 Å². The van der Waals surface area contributed by atoms with Crippen molar-refractivity contribution < 1.29 is 14.1 Å². The van der Waals surface area contributed by atoms with Crippen LogP contribution in [0.1, 0.15) is 30.8 Å². The monoisotopic (exact) mass is 408 g/mol. The van der Waals surface area contributed by atoms with Crippen LogP contribution < -0.4 is 10.1 Å². The highest BCUT2D eigenvalue weighted by Crippen LogP contribution is 2.31. The lowest BCUT2D eigenvalue weighted by molar-refractivity contribution is -0.117. The maximum atomic E-state index is 12.4. The molecule has 9 nitrogen and oxygen atoms in total. The molecule has 0 saturated carbocycles. The first kappa shape index (κ1) is 20.0. The molecule has 1 unspecified atom stereocenters. The van der Waals surface area contributed by atoms with Crippen LogP contribution in [-0.2, 0) is 11.2 Å². The largest absolute Gasteiger partial charge is 0.497 e. The van der Waals surface area contributed by atoms with E-state index in [2.05, 4.69) is 30.3 Å². The van der Waals surface area contributed by atoms with Gasteiger partial charge in [0.15, 0.2) is 0 Å². The number of benzene rings is 1. The van der Waals surface area contributed by atoms with Crippen LogP contribution in [0.2, 0.25) is 0 Å². The molecule has 3 aromatic rings. The minimum Gasteiger partial charge on any atom is -0.497 e. The molecule has 0 radical (unpaired) electrons. The summed E-state index contributed by atoms with van der Waals surface area (Å²) in [4.78, 5) is 27.6. The van der Waals surface area contributed by atoms with Gasteiger partial charge in [-0.15, -0.1) is 0 Å². The Bertz CT molecular complexity index is 1000. The van der Waals surface area contributed by atoms with Crippen LogP contribution in [0.15, 0.2) is 41.3 Å². The molecule has 0 bridgehead atoms. The predicted molar refractivity (Wildman–Crippen MR) is 110 cm³/mol. The van der Waals surface area contributed by atoms with Gasteiger partial charge in [-0.05, 0) is 37.2 Å². The van der Waals surface area contributed by atoms with Gasteiger partial charge in [-0.1, -0.05) is 12.1 Å². The summed E-state index contributed by atoms with van der Waals surface area (Å²) in [6, 6.07) is 7.29. The molecule has 1 N–H and O–H groups in total. The molecule has 4 rings (SSSR count). The van der Waals surface area contributed by atoms with Crippen molar-refractivity contribution in [3.8, 4) is 17.1 Å². The van der Waals surface area contributed by atoms with Crippen LogP contribution in [0.25, 0.3) is 11.4 Å². The summed E-state index contributed by atoms with van der Waals surface area (Å²) in [6.45, 7) is 3.84. The average molecular weight is 408 g/mol. The second-order valence-electron chi connectivity index (χ2n) is 7.18. The fourth-order valence-electron chi connectivity index (χ4n) is 3.62. The van der Waals surface area contributed by atoms with Gasteiger partial charge < -0.3 is 14.6 Å². The number of rotatable bonds is 7. The van der Waals surface area contributed by atoms with Crippen molar-refractivity contribution in [2.45, 2.75) is 25.7 Å². The second-order valence-corrected chi connectivity index (χ2v) is 7.18. The molecule has 1 amide bonds. The molecule has 2 aromatic heterocycles. The Labute approximate surface area is 174 Å². The molecule has 0 aliphatic carbocycles. The molecule has 1 aliphatic rings. The van der Waals surface area contributed by atoms with Crippen LogP contribution in [0.4, 0.5) is 5.69 Å². The average Bonchev–Trinajstić information content (AvgIpc) is 3.44. The van der Waals surface area contributed by atoms with E-state index in [0.29, 0.717) is 24.7 Å². The van der Waals surface area contributed by atoms with Gasteiger partial charge >= 0.3 is 0 Å². The number of carbonyl (C=O) groups is 1. The normalized spacial score (nSPS) is 16.5. The Morgan fingerprint density at radius 2 is 2.17 bits per heavy atom. The number of methoxy groups -OCH3 is 1. The first-order valence-corrected chi connectivity index (χ1v) is 9.95. The molecule has 3 heterocycles. The molecule has 1 atom stereocenters. The Morgan fingerprint density at radius 1 is 1.33 bits per heavy atom. The van der Waals surface area contributed by atoms with Gasteiger partial charge in [0, 0.05) is 30.8 Å². The lowest BCUT2D eigenvalue weighted by Crippen LogP contribution is -2.31. The number of likely N-dealkylation sites (tertiary alicyclic amines) is 1. The first-order valence-electron chi connectivity index (χ1n) is 9.95. The van der Waals surface area contributed by atoms with E-state index in [1.54, 1.807) is 19.6 Å². The Hall–Kier alpha value is -3.33. The number of hydrogen-bond donors (Lipinski definition) is 1. The Kier molecular flexibility index (Phi) is 5.99. The van der Waals surface area contributed by atoms with Crippen molar-refractivity contribution >= 4 is 11.6 Å². The molecular formula is C21H24N6O3. The van der Waals surface area contributed by atoms with Gasteiger partial charge in [0.25, 0.3) is 0 Å². The maximum absolute atomic E-state index is 12.4. The van der Waals surface area contributed by atoms with Crippen LogP contribution in [0.3, 0.4) is 0 Å². The number of ether oxygens (including phenoxy) is 1. The highest BCUT2D eigenvalue weighted by Gasteiger charge is 2.29. The topological polar surface area (TPSA) is 106 Å². The fraction of sp³-hybridized carbons (Fsp3) is 0.381. The fourth-order valence-corrected chi connectivity index (χ4v) is 3.62. The molecule has 1 saturated heterocycles. The third-order valence-corrected chi connectivity index (χ3v) is 5.15. The molecule has 156 valence electrons. The van der Waals surface area contributed by atoms with Crippen molar-refractivity contribution in [1.82, 2.24) is 25.0 Å². The van der Waals surface area contributed by atoms with Crippen LogP contribution >= 0.6 is 0 Å². The van der Waals surface area contributed by atoms with Crippen molar-refractivity contribution in [1.29, 1.82) is 0 Å². The second kappa shape index (κ2) is 9.00. The van der Waals surface area contributed by atoms with E-state index in [-0.39, 0.29) is 11.8 Å². The minimum atomic E-state index is -0.0468. The molecule has 0 spiro atoms. The molecular weight excluding hydrogens is 384 g/mol. The van der Waals surface area contributed by atoms with E-state index < -0.39 is 0 Å². The van der Waals surface area contributed by atoms with Gasteiger partial charge in [0.2, 0.25) is 17.6 Å². The van der Waals surface area contributed by atoms with Crippen LogP contribution in [-0.4, -0.2) is 57.7 Å². The minimum absolute atomic E-state index is 0.0468. The number of amides is 1. The van der Waals surface area contributed by atoms with Crippen molar-refractivity contribution in [3.05, 3.63) is 48.4 Å². The maximum Gasteiger partial charge on any atom is 0.238 e. The number of hydrogen-bond acceptors (Lipinski definition) is 8. The summed E-state index contributed by atoms with van der Waals surface area (Å²) >= 11 is 0. The zero-order chi connectivity index (χ0) is 20.9. The third kappa shape index (κ3) is 4.46. The lowest BCUT2D eigenvalue weighted by Gasteiger charge is -2.16. The molecule has 30 heavy (non-hydrogen) atoms. The third-order valence-electron chi connectivity index (χ3n) is 5.15. The smallest absolute Gasteiger partial charge is 0.238 e. The van der Waals surface area contributed by atoms with E-state index in [0.717, 1.165) is 42.2 Å². The summed E-state index contributed by atoms with van der Waals surface area (Å²) < 4.78 is 10.4. The van der Waals surface area contributed by atoms with E-state index in [1.165, 1.54) is 0 Å². The van der Waals surface area contributed by atoms with Crippen LogP contribution in [0.5, 0.6) is 5.75 Å². The van der Waals surface area contributed by atoms with Crippen molar-refractivity contribution in [2.75, 3.05) is 32.1 Å². The quantitative estimate of drug-likeness (QED) is 0.636.